The van der Waals surface area contributed by atoms with Crippen LogP contribution in [0.3, 0.4) is 0 Å². The van der Waals surface area contributed by atoms with E-state index in [-0.39, 0.29) is 0 Å². The minimum Gasteiger partial charge on any atom is -0.480 e. The molecule has 62 valence electrons. The summed E-state index contributed by atoms with van der Waals surface area (Å²) in [6, 6.07) is -0.502. The first-order valence-corrected chi connectivity index (χ1v) is 4.53. The molecule has 0 bridgehead atoms. The van der Waals surface area contributed by atoms with E-state index in [0.717, 1.165) is 5.04 Å². The third-order valence-corrected chi connectivity index (χ3v) is 2.81. The van der Waals surface area contributed by atoms with Crippen LogP contribution < -0.4 is 0 Å². The van der Waals surface area contributed by atoms with Gasteiger partial charge in [-0.25, -0.2) is 4.79 Å². The summed E-state index contributed by atoms with van der Waals surface area (Å²) < 4.78 is 0. The standard InChI is InChI=1S/C7H11NO2S/c1-4(2)6-8-5(3-11-6)7(9)10/h4-5H,3H2,1-2H3,(H,9,10). The van der Waals surface area contributed by atoms with E-state index in [4.69, 9.17) is 5.11 Å². The lowest BCUT2D eigenvalue weighted by Gasteiger charge is -1.99. The highest BCUT2D eigenvalue weighted by Gasteiger charge is 2.25. The number of aliphatic imine (C=N–C) groups is 1. The van der Waals surface area contributed by atoms with E-state index < -0.39 is 12.0 Å². The van der Waals surface area contributed by atoms with Crippen molar-refractivity contribution in [2.45, 2.75) is 19.9 Å². The second-order valence-electron chi connectivity index (χ2n) is 2.79. The van der Waals surface area contributed by atoms with Crippen molar-refractivity contribution in [3.05, 3.63) is 0 Å². The van der Waals surface area contributed by atoms with E-state index >= 15 is 0 Å². The van der Waals surface area contributed by atoms with Crippen molar-refractivity contribution >= 4 is 22.8 Å². The molecule has 0 radical (unpaired) electrons. The van der Waals surface area contributed by atoms with Crippen LogP contribution in [0.4, 0.5) is 0 Å². The molecule has 1 unspecified atom stereocenters. The molecule has 1 aliphatic rings. The van der Waals surface area contributed by atoms with Crippen LogP contribution in [0.1, 0.15) is 13.8 Å². The van der Waals surface area contributed by atoms with Crippen LogP contribution in [-0.4, -0.2) is 27.9 Å². The molecule has 0 fully saturated rings. The van der Waals surface area contributed by atoms with Crippen LogP contribution in [0, 0.1) is 5.92 Å². The summed E-state index contributed by atoms with van der Waals surface area (Å²) in [6.07, 6.45) is 0. The summed E-state index contributed by atoms with van der Waals surface area (Å²) in [5.41, 5.74) is 0. The van der Waals surface area contributed by atoms with E-state index in [2.05, 4.69) is 4.99 Å². The zero-order chi connectivity index (χ0) is 8.43. The molecule has 1 aliphatic heterocycles. The van der Waals surface area contributed by atoms with Crippen molar-refractivity contribution in [2.24, 2.45) is 10.9 Å². The van der Waals surface area contributed by atoms with Gasteiger partial charge in [0.05, 0.1) is 5.04 Å². The highest BCUT2D eigenvalue weighted by atomic mass is 32.2. The van der Waals surface area contributed by atoms with Crippen LogP contribution in [0.15, 0.2) is 4.99 Å². The Morgan fingerprint density at radius 3 is 2.73 bits per heavy atom. The predicted molar refractivity (Wildman–Crippen MR) is 46.2 cm³/mol. The Morgan fingerprint density at radius 2 is 2.45 bits per heavy atom. The molecule has 3 nitrogen and oxygen atoms in total. The molecule has 0 spiro atoms. The Hall–Kier alpha value is -0.510. The smallest absolute Gasteiger partial charge is 0.329 e. The molecular weight excluding hydrogens is 162 g/mol. The summed E-state index contributed by atoms with van der Waals surface area (Å²) in [5, 5.41) is 9.56. The molecule has 1 rings (SSSR count). The zero-order valence-corrected chi connectivity index (χ0v) is 7.39. The van der Waals surface area contributed by atoms with Crippen LogP contribution in [0.2, 0.25) is 0 Å². The maximum absolute atomic E-state index is 10.4. The Balaban J connectivity index is 2.61. The quantitative estimate of drug-likeness (QED) is 0.683. The van der Waals surface area contributed by atoms with Crippen molar-refractivity contribution in [1.29, 1.82) is 0 Å². The van der Waals surface area contributed by atoms with E-state index in [1.807, 2.05) is 13.8 Å². The van der Waals surface area contributed by atoms with Crippen LogP contribution in [-0.2, 0) is 4.79 Å². The second kappa shape index (κ2) is 3.26. The minimum atomic E-state index is -0.812. The zero-order valence-electron chi connectivity index (χ0n) is 6.57. The summed E-state index contributed by atoms with van der Waals surface area (Å²) in [4.78, 5) is 14.5. The highest BCUT2D eigenvalue weighted by Crippen LogP contribution is 2.22. The number of carboxylic acid groups (broad SMARTS) is 1. The van der Waals surface area contributed by atoms with Gasteiger partial charge >= 0.3 is 5.97 Å². The van der Waals surface area contributed by atoms with Gasteiger partial charge < -0.3 is 5.11 Å². The fourth-order valence-corrected chi connectivity index (χ4v) is 1.92. The van der Waals surface area contributed by atoms with Crippen molar-refractivity contribution < 1.29 is 9.90 Å². The van der Waals surface area contributed by atoms with Gasteiger partial charge in [-0.15, -0.1) is 11.8 Å². The number of rotatable bonds is 2. The van der Waals surface area contributed by atoms with E-state index in [1.165, 1.54) is 0 Å². The lowest BCUT2D eigenvalue weighted by molar-refractivity contribution is -0.137. The number of thioether (sulfide) groups is 1. The van der Waals surface area contributed by atoms with Gasteiger partial charge in [0.15, 0.2) is 6.04 Å². The highest BCUT2D eigenvalue weighted by molar-refractivity contribution is 8.14. The lowest BCUT2D eigenvalue weighted by atomic mass is 10.2. The molecule has 0 amide bonds. The van der Waals surface area contributed by atoms with Gasteiger partial charge in [0, 0.05) is 11.7 Å². The fraction of sp³-hybridized carbons (Fsp3) is 0.714. The van der Waals surface area contributed by atoms with E-state index in [0.29, 0.717) is 11.7 Å². The third-order valence-electron chi connectivity index (χ3n) is 1.45. The topological polar surface area (TPSA) is 49.7 Å². The SMILES string of the molecule is CC(C)C1=NC(C(=O)O)CS1. The molecule has 0 aliphatic carbocycles. The average molecular weight is 173 g/mol. The molecule has 1 heterocycles. The van der Waals surface area contributed by atoms with Crippen molar-refractivity contribution in [3.63, 3.8) is 0 Å². The third kappa shape index (κ3) is 1.96. The normalized spacial score (nSPS) is 23.9. The first kappa shape index (κ1) is 8.59. The molecule has 0 aromatic rings. The average Bonchev–Trinajstić information content (AvgIpc) is 2.33. The first-order chi connectivity index (χ1) is 5.11. The first-order valence-electron chi connectivity index (χ1n) is 3.54. The molecule has 0 saturated carbocycles. The molecular formula is C7H11NO2S. The number of hydrogen-bond donors (Lipinski definition) is 1. The molecule has 1 atom stereocenters. The Kier molecular flexibility index (Phi) is 2.54. The van der Waals surface area contributed by atoms with Crippen LogP contribution in [0.25, 0.3) is 0 Å². The van der Waals surface area contributed by atoms with Crippen molar-refractivity contribution in [3.8, 4) is 0 Å². The lowest BCUT2D eigenvalue weighted by Crippen LogP contribution is -2.17. The van der Waals surface area contributed by atoms with E-state index in [1.54, 1.807) is 11.8 Å². The van der Waals surface area contributed by atoms with Crippen molar-refractivity contribution in [1.82, 2.24) is 0 Å². The molecule has 4 heteroatoms. The van der Waals surface area contributed by atoms with Crippen LogP contribution >= 0.6 is 11.8 Å². The molecule has 0 aromatic heterocycles. The van der Waals surface area contributed by atoms with Crippen LogP contribution in [0.5, 0.6) is 0 Å². The fourth-order valence-electron chi connectivity index (χ4n) is 0.835. The number of aliphatic carboxylic acids is 1. The predicted octanol–water partition coefficient (Wildman–Crippen LogP) is 1.24. The summed E-state index contributed by atoms with van der Waals surface area (Å²) >= 11 is 1.56. The second-order valence-corrected chi connectivity index (χ2v) is 3.83. The van der Waals surface area contributed by atoms with Gasteiger partial charge in [-0.3, -0.25) is 4.99 Å². The molecule has 0 saturated heterocycles. The maximum Gasteiger partial charge on any atom is 0.329 e. The van der Waals surface area contributed by atoms with Crippen molar-refractivity contribution in [2.75, 3.05) is 5.75 Å². The van der Waals surface area contributed by atoms with Gasteiger partial charge in [0.25, 0.3) is 0 Å². The van der Waals surface area contributed by atoms with Gasteiger partial charge in [0.1, 0.15) is 0 Å². The summed E-state index contributed by atoms with van der Waals surface area (Å²) in [5.74, 6) is 0.153. The number of carboxylic acids is 1. The summed E-state index contributed by atoms with van der Waals surface area (Å²) in [6.45, 7) is 4.05. The number of hydrogen-bond acceptors (Lipinski definition) is 3. The molecule has 1 N–H and O–H groups in total. The number of carbonyl (C=O) groups is 1. The monoisotopic (exact) mass is 173 g/mol. The van der Waals surface area contributed by atoms with E-state index in [9.17, 15) is 4.79 Å². The molecule has 0 aromatic carbocycles. The Bertz CT molecular complexity index is 201. The van der Waals surface area contributed by atoms with Gasteiger partial charge in [-0.2, -0.15) is 0 Å². The van der Waals surface area contributed by atoms with Gasteiger partial charge in [-0.1, -0.05) is 13.8 Å². The Labute approximate surface area is 69.9 Å². The molecule has 11 heavy (non-hydrogen) atoms. The Morgan fingerprint density at radius 1 is 1.82 bits per heavy atom. The maximum atomic E-state index is 10.4. The number of nitrogens with zero attached hydrogens (tertiary/aromatic N) is 1. The van der Waals surface area contributed by atoms with Gasteiger partial charge in [0.2, 0.25) is 0 Å². The minimum absolute atomic E-state index is 0.365. The largest absolute Gasteiger partial charge is 0.480 e. The van der Waals surface area contributed by atoms with Gasteiger partial charge in [-0.05, 0) is 0 Å². The summed E-state index contributed by atoms with van der Waals surface area (Å²) in [7, 11) is 0.